The summed E-state index contributed by atoms with van der Waals surface area (Å²) in [5.74, 6) is 0.683. The third-order valence-corrected chi connectivity index (χ3v) is 4.54. The molecule has 26 heavy (non-hydrogen) atoms. The first-order valence-corrected chi connectivity index (χ1v) is 8.76. The topological polar surface area (TPSA) is 80.5 Å². The molecule has 0 saturated carbocycles. The van der Waals surface area contributed by atoms with E-state index in [-0.39, 0.29) is 5.89 Å². The Bertz CT molecular complexity index is 1070. The van der Waals surface area contributed by atoms with Gasteiger partial charge >= 0.3 is 0 Å². The van der Waals surface area contributed by atoms with E-state index in [1.54, 1.807) is 12.3 Å². The van der Waals surface area contributed by atoms with Gasteiger partial charge in [-0.25, -0.2) is 0 Å². The summed E-state index contributed by atoms with van der Waals surface area (Å²) in [5.41, 5.74) is 2.26. The van der Waals surface area contributed by atoms with Crippen LogP contribution in [0.2, 0.25) is 0 Å². The zero-order chi connectivity index (χ0) is 17.8. The Kier molecular flexibility index (Phi) is 4.41. The van der Waals surface area contributed by atoms with Gasteiger partial charge < -0.3 is 4.52 Å². The smallest absolute Gasteiger partial charge is 0.268 e. The number of thiophene rings is 1. The Morgan fingerprint density at radius 1 is 1.23 bits per heavy atom. The van der Waals surface area contributed by atoms with Crippen molar-refractivity contribution in [1.82, 2.24) is 19.9 Å². The zero-order valence-corrected chi connectivity index (χ0v) is 14.4. The molecule has 0 aliphatic heterocycles. The van der Waals surface area contributed by atoms with E-state index in [1.807, 2.05) is 58.7 Å². The summed E-state index contributed by atoms with van der Waals surface area (Å²) in [5, 5.41) is 19.7. The maximum atomic E-state index is 9.45. The molecule has 126 valence electrons. The molecule has 0 aliphatic carbocycles. The summed E-state index contributed by atoms with van der Waals surface area (Å²) >= 11 is 1.52. The van der Waals surface area contributed by atoms with Crippen LogP contribution in [0.25, 0.3) is 22.4 Å². The van der Waals surface area contributed by atoms with Crippen molar-refractivity contribution in [2.24, 2.45) is 0 Å². The molecule has 0 aliphatic rings. The highest BCUT2D eigenvalue weighted by Crippen LogP contribution is 2.24. The van der Waals surface area contributed by atoms with Crippen molar-refractivity contribution in [2.45, 2.75) is 6.54 Å². The molecule has 0 amide bonds. The fourth-order valence-corrected chi connectivity index (χ4v) is 3.11. The van der Waals surface area contributed by atoms with Gasteiger partial charge in [0.1, 0.15) is 11.6 Å². The van der Waals surface area contributed by atoms with Gasteiger partial charge in [0.25, 0.3) is 5.89 Å². The molecule has 0 radical (unpaired) electrons. The molecule has 0 spiro atoms. The lowest BCUT2D eigenvalue weighted by Gasteiger charge is -2.00. The van der Waals surface area contributed by atoms with Crippen LogP contribution in [0.5, 0.6) is 0 Å². The van der Waals surface area contributed by atoms with E-state index in [2.05, 4.69) is 21.3 Å². The van der Waals surface area contributed by atoms with Crippen molar-refractivity contribution < 1.29 is 4.52 Å². The Hall–Kier alpha value is -3.50. The van der Waals surface area contributed by atoms with Crippen LogP contribution >= 0.6 is 11.3 Å². The maximum Gasteiger partial charge on any atom is 0.268 e. The van der Waals surface area contributed by atoms with Crippen molar-refractivity contribution in [3.63, 3.8) is 0 Å². The monoisotopic (exact) mass is 359 g/mol. The molecule has 7 heteroatoms. The van der Waals surface area contributed by atoms with Crippen LogP contribution in [0, 0.1) is 11.3 Å². The molecule has 0 fully saturated rings. The second-order valence-corrected chi connectivity index (χ2v) is 6.47. The quantitative estimate of drug-likeness (QED) is 0.501. The molecular weight excluding hydrogens is 346 g/mol. The van der Waals surface area contributed by atoms with Crippen LogP contribution in [0.1, 0.15) is 17.0 Å². The Morgan fingerprint density at radius 2 is 2.12 bits per heavy atom. The number of allylic oxidation sites excluding steroid dienone is 1. The van der Waals surface area contributed by atoms with Gasteiger partial charge in [-0.15, -0.1) is 11.3 Å². The summed E-state index contributed by atoms with van der Waals surface area (Å²) in [4.78, 5) is 5.21. The van der Waals surface area contributed by atoms with E-state index in [0.717, 1.165) is 16.0 Å². The van der Waals surface area contributed by atoms with E-state index in [1.165, 1.54) is 11.3 Å². The first kappa shape index (κ1) is 16.0. The SMILES string of the molecule is N#C/C(=C\c1cnn(Cc2ccccc2)c1)c1nc(-c2cccs2)no1. The third-order valence-electron chi connectivity index (χ3n) is 3.67. The first-order valence-electron chi connectivity index (χ1n) is 7.88. The second-order valence-electron chi connectivity index (χ2n) is 5.53. The minimum atomic E-state index is 0.201. The Morgan fingerprint density at radius 3 is 2.88 bits per heavy atom. The standard InChI is InChI=1S/C19H13N5OS/c20-10-16(19-22-18(23-25-19)17-7-4-8-26-17)9-15-11-21-24(13-15)12-14-5-2-1-3-6-14/h1-9,11,13H,12H2/b16-9+. The number of hydrogen-bond acceptors (Lipinski definition) is 6. The molecule has 0 unspecified atom stereocenters. The first-order chi connectivity index (χ1) is 12.8. The number of nitriles is 1. The molecule has 4 aromatic rings. The molecule has 0 saturated heterocycles. The summed E-state index contributed by atoms with van der Waals surface area (Å²) < 4.78 is 7.06. The van der Waals surface area contributed by atoms with Crippen molar-refractivity contribution in [1.29, 1.82) is 5.26 Å². The minimum Gasteiger partial charge on any atom is -0.333 e. The number of aromatic nitrogens is 4. The van der Waals surface area contributed by atoms with E-state index in [9.17, 15) is 5.26 Å². The molecule has 0 bridgehead atoms. The third kappa shape index (κ3) is 3.45. The van der Waals surface area contributed by atoms with E-state index < -0.39 is 0 Å². The van der Waals surface area contributed by atoms with Gasteiger partial charge in [0.05, 0.1) is 17.6 Å². The average molecular weight is 359 g/mol. The molecule has 6 nitrogen and oxygen atoms in total. The summed E-state index contributed by atoms with van der Waals surface area (Å²) in [6.45, 7) is 0.666. The molecular formula is C19H13N5OS. The number of nitrogens with zero attached hydrogens (tertiary/aromatic N) is 5. The largest absolute Gasteiger partial charge is 0.333 e. The summed E-state index contributed by atoms with van der Waals surface area (Å²) in [6.07, 6.45) is 5.28. The lowest BCUT2D eigenvalue weighted by atomic mass is 10.2. The molecule has 1 aromatic carbocycles. The lowest BCUT2D eigenvalue weighted by Crippen LogP contribution is -1.99. The molecule has 0 atom stereocenters. The van der Waals surface area contributed by atoms with Crippen LogP contribution in [0.3, 0.4) is 0 Å². The maximum absolute atomic E-state index is 9.45. The lowest BCUT2D eigenvalue weighted by molar-refractivity contribution is 0.409. The fraction of sp³-hybridized carbons (Fsp3) is 0.0526. The Balaban J connectivity index is 1.56. The van der Waals surface area contributed by atoms with Crippen molar-refractivity contribution >= 4 is 23.0 Å². The van der Waals surface area contributed by atoms with Crippen LogP contribution in [0.15, 0.2) is 64.8 Å². The van der Waals surface area contributed by atoms with E-state index >= 15 is 0 Å². The van der Waals surface area contributed by atoms with Gasteiger partial charge in [-0.1, -0.05) is 41.6 Å². The molecule has 4 rings (SSSR count). The number of benzene rings is 1. The normalized spacial score (nSPS) is 11.4. The van der Waals surface area contributed by atoms with E-state index in [4.69, 9.17) is 4.52 Å². The Labute approximate surface area is 153 Å². The van der Waals surface area contributed by atoms with Gasteiger partial charge in [-0.3, -0.25) is 4.68 Å². The highest BCUT2D eigenvalue weighted by Gasteiger charge is 2.13. The van der Waals surface area contributed by atoms with Crippen molar-refractivity contribution in [2.75, 3.05) is 0 Å². The highest BCUT2D eigenvalue weighted by atomic mass is 32.1. The van der Waals surface area contributed by atoms with Gasteiger partial charge in [0.15, 0.2) is 0 Å². The van der Waals surface area contributed by atoms with Crippen LogP contribution in [-0.4, -0.2) is 19.9 Å². The minimum absolute atomic E-state index is 0.201. The van der Waals surface area contributed by atoms with Crippen LogP contribution < -0.4 is 0 Å². The highest BCUT2D eigenvalue weighted by molar-refractivity contribution is 7.13. The zero-order valence-electron chi connectivity index (χ0n) is 13.6. The number of hydrogen-bond donors (Lipinski definition) is 0. The summed E-state index contributed by atoms with van der Waals surface area (Å²) in [6, 6.07) is 16.0. The van der Waals surface area contributed by atoms with Crippen LogP contribution in [-0.2, 0) is 6.54 Å². The summed E-state index contributed by atoms with van der Waals surface area (Å²) in [7, 11) is 0. The molecule has 3 heterocycles. The van der Waals surface area contributed by atoms with Crippen molar-refractivity contribution in [3.8, 4) is 16.8 Å². The van der Waals surface area contributed by atoms with E-state index in [0.29, 0.717) is 17.9 Å². The van der Waals surface area contributed by atoms with Crippen molar-refractivity contribution in [3.05, 3.63) is 77.3 Å². The second kappa shape index (κ2) is 7.17. The van der Waals surface area contributed by atoms with Gasteiger partial charge in [0, 0.05) is 11.8 Å². The van der Waals surface area contributed by atoms with Gasteiger partial charge in [0.2, 0.25) is 5.82 Å². The fourth-order valence-electron chi connectivity index (χ4n) is 2.46. The number of rotatable bonds is 5. The van der Waals surface area contributed by atoms with Gasteiger partial charge in [-0.2, -0.15) is 15.3 Å². The molecule has 0 N–H and O–H groups in total. The average Bonchev–Trinajstić information content (AvgIpc) is 3.42. The predicted molar refractivity (Wildman–Crippen MR) is 98.9 cm³/mol. The molecule has 3 aromatic heterocycles. The predicted octanol–water partition coefficient (Wildman–Crippen LogP) is 4.11. The van der Waals surface area contributed by atoms with Crippen LogP contribution in [0.4, 0.5) is 0 Å². The van der Waals surface area contributed by atoms with Gasteiger partial charge in [-0.05, 0) is 23.1 Å².